The molecule has 0 radical (unpaired) electrons. The standard InChI is InChI=1S/C26H29N5O2/c1-6-11-18-20(7-2)28-31(15-10-14-29(3)4)24(18)23-22(25(32)27-26(23)33)19-16-30(5)21-13-9-8-12-17(19)21/h6-9,11-13,16H,2,10,14-15H2,1,3-5H3,(H,27,32,33)/b11-6-. The molecule has 1 N–H and O–H groups in total. The largest absolute Gasteiger partial charge is 0.350 e. The molecule has 2 aromatic heterocycles. The molecule has 3 aromatic rings. The lowest BCUT2D eigenvalue weighted by molar-refractivity contribution is -0.122. The number of rotatable bonds is 8. The van der Waals surface area contributed by atoms with Crippen LogP contribution >= 0.6 is 0 Å². The summed E-state index contributed by atoms with van der Waals surface area (Å²) >= 11 is 0. The van der Waals surface area contributed by atoms with Crippen molar-refractivity contribution in [2.45, 2.75) is 19.9 Å². The zero-order chi connectivity index (χ0) is 23.7. The first-order valence-electron chi connectivity index (χ1n) is 11.0. The van der Waals surface area contributed by atoms with Crippen molar-refractivity contribution in [2.75, 3.05) is 20.6 Å². The normalized spacial score (nSPS) is 14.3. The summed E-state index contributed by atoms with van der Waals surface area (Å²) in [6.45, 7) is 7.32. The van der Waals surface area contributed by atoms with E-state index < -0.39 is 5.91 Å². The lowest BCUT2D eigenvalue weighted by atomic mass is 9.96. The Morgan fingerprint density at radius 3 is 2.58 bits per heavy atom. The van der Waals surface area contributed by atoms with Gasteiger partial charge in [-0.1, -0.05) is 36.9 Å². The van der Waals surface area contributed by atoms with E-state index in [1.807, 2.05) is 79.9 Å². The number of hydrogen-bond acceptors (Lipinski definition) is 4. The second-order valence-electron chi connectivity index (χ2n) is 8.44. The minimum Gasteiger partial charge on any atom is -0.350 e. The molecule has 7 nitrogen and oxygen atoms in total. The monoisotopic (exact) mass is 443 g/mol. The van der Waals surface area contributed by atoms with Crippen molar-refractivity contribution < 1.29 is 9.59 Å². The van der Waals surface area contributed by atoms with E-state index >= 15 is 0 Å². The van der Waals surface area contributed by atoms with Gasteiger partial charge >= 0.3 is 0 Å². The van der Waals surface area contributed by atoms with E-state index in [4.69, 9.17) is 5.10 Å². The molecule has 33 heavy (non-hydrogen) atoms. The molecule has 0 saturated heterocycles. The first kappa shape index (κ1) is 22.5. The first-order chi connectivity index (χ1) is 15.9. The van der Waals surface area contributed by atoms with Crippen LogP contribution in [0.1, 0.15) is 35.9 Å². The number of fused-ring (bicyclic) bond motifs is 1. The smallest absolute Gasteiger partial charge is 0.261 e. The van der Waals surface area contributed by atoms with Crippen molar-refractivity contribution in [3.05, 3.63) is 65.6 Å². The first-order valence-corrected chi connectivity index (χ1v) is 11.0. The zero-order valence-corrected chi connectivity index (χ0v) is 19.6. The van der Waals surface area contributed by atoms with Gasteiger partial charge in [-0.05, 0) is 46.1 Å². The summed E-state index contributed by atoms with van der Waals surface area (Å²) < 4.78 is 3.82. The van der Waals surface area contributed by atoms with E-state index in [1.165, 1.54) is 0 Å². The molecule has 0 bridgehead atoms. The minimum absolute atomic E-state index is 0.356. The second kappa shape index (κ2) is 9.03. The Hall–Kier alpha value is -3.71. The zero-order valence-electron chi connectivity index (χ0n) is 19.6. The highest BCUT2D eigenvalue weighted by molar-refractivity contribution is 6.50. The number of para-hydroxylation sites is 1. The fraction of sp³-hybridized carbons (Fsp3) is 0.269. The summed E-state index contributed by atoms with van der Waals surface area (Å²) in [4.78, 5) is 28.4. The Morgan fingerprint density at radius 1 is 1.15 bits per heavy atom. The Kier molecular flexibility index (Phi) is 6.16. The third kappa shape index (κ3) is 3.96. The summed E-state index contributed by atoms with van der Waals surface area (Å²) in [7, 11) is 5.98. The number of nitrogens with zero attached hydrogens (tertiary/aromatic N) is 4. The minimum atomic E-state index is -0.405. The Bertz CT molecular complexity index is 1320. The maximum atomic E-state index is 13.2. The SMILES string of the molecule is C=Cc1nn(CCCN(C)C)c(C2=C(c3cn(C)c4ccccc34)C(=O)NC2=O)c1/C=C\C. The van der Waals surface area contributed by atoms with Gasteiger partial charge in [-0.3, -0.25) is 19.6 Å². The van der Waals surface area contributed by atoms with Crippen molar-refractivity contribution in [3.63, 3.8) is 0 Å². The molecule has 2 amide bonds. The number of aryl methyl sites for hydroxylation is 2. The van der Waals surface area contributed by atoms with E-state index in [9.17, 15) is 9.59 Å². The van der Waals surface area contributed by atoms with Gasteiger partial charge in [0.05, 0.1) is 22.5 Å². The number of carbonyl (C=O) groups is 2. The van der Waals surface area contributed by atoms with Crippen LogP contribution in [0.15, 0.2) is 43.1 Å². The predicted octanol–water partition coefficient (Wildman–Crippen LogP) is 3.57. The average molecular weight is 444 g/mol. The van der Waals surface area contributed by atoms with Crippen LogP contribution in [0.4, 0.5) is 0 Å². The molecule has 1 aliphatic rings. The van der Waals surface area contributed by atoms with Gasteiger partial charge in [-0.2, -0.15) is 5.10 Å². The fourth-order valence-corrected chi connectivity index (χ4v) is 4.42. The van der Waals surface area contributed by atoms with Crippen molar-refractivity contribution in [2.24, 2.45) is 7.05 Å². The molecule has 1 aliphatic heterocycles. The van der Waals surface area contributed by atoms with Gasteiger partial charge in [0, 0.05) is 41.8 Å². The molecular weight excluding hydrogens is 414 g/mol. The quantitative estimate of drug-likeness (QED) is 0.541. The van der Waals surface area contributed by atoms with Crippen LogP contribution in [0.25, 0.3) is 34.2 Å². The highest BCUT2D eigenvalue weighted by Gasteiger charge is 2.37. The lowest BCUT2D eigenvalue weighted by Crippen LogP contribution is -2.23. The third-order valence-electron chi connectivity index (χ3n) is 5.85. The summed E-state index contributed by atoms with van der Waals surface area (Å²) in [6, 6.07) is 7.87. The van der Waals surface area contributed by atoms with Gasteiger partial charge in [0.2, 0.25) is 0 Å². The van der Waals surface area contributed by atoms with Gasteiger partial charge in [-0.25, -0.2) is 0 Å². The highest BCUT2D eigenvalue weighted by atomic mass is 16.2. The molecular formula is C26H29N5O2. The van der Waals surface area contributed by atoms with Crippen LogP contribution in [0.3, 0.4) is 0 Å². The van der Waals surface area contributed by atoms with Gasteiger partial charge in [0.15, 0.2) is 0 Å². The van der Waals surface area contributed by atoms with Crippen molar-refractivity contribution in [3.8, 4) is 0 Å². The summed E-state index contributed by atoms with van der Waals surface area (Å²) in [5.41, 5.74) is 4.58. The van der Waals surface area contributed by atoms with E-state index in [2.05, 4.69) is 16.8 Å². The van der Waals surface area contributed by atoms with Crippen LogP contribution < -0.4 is 5.32 Å². The third-order valence-corrected chi connectivity index (χ3v) is 5.85. The van der Waals surface area contributed by atoms with Crippen LogP contribution in [-0.4, -0.2) is 51.7 Å². The number of hydrogen-bond donors (Lipinski definition) is 1. The lowest BCUT2D eigenvalue weighted by Gasteiger charge is -2.12. The molecule has 4 rings (SSSR count). The molecule has 0 fully saturated rings. The van der Waals surface area contributed by atoms with Gasteiger partial charge < -0.3 is 9.47 Å². The topological polar surface area (TPSA) is 72.2 Å². The molecule has 0 spiro atoms. The number of amides is 2. The van der Waals surface area contributed by atoms with Gasteiger partial charge in [-0.15, -0.1) is 0 Å². The Labute approximate surface area is 193 Å². The van der Waals surface area contributed by atoms with Gasteiger partial charge in [0.1, 0.15) is 0 Å². The molecule has 1 aromatic carbocycles. The number of aromatic nitrogens is 3. The maximum absolute atomic E-state index is 13.2. The van der Waals surface area contributed by atoms with Crippen LogP contribution in [-0.2, 0) is 23.2 Å². The maximum Gasteiger partial charge on any atom is 0.261 e. The predicted molar refractivity (Wildman–Crippen MR) is 133 cm³/mol. The van der Waals surface area contributed by atoms with E-state index in [0.717, 1.165) is 35.0 Å². The average Bonchev–Trinajstić information content (AvgIpc) is 3.39. The van der Waals surface area contributed by atoms with E-state index in [-0.39, 0.29) is 5.91 Å². The molecule has 0 unspecified atom stereocenters. The van der Waals surface area contributed by atoms with Gasteiger partial charge in [0.25, 0.3) is 11.8 Å². The number of imide groups is 1. The van der Waals surface area contributed by atoms with E-state index in [1.54, 1.807) is 6.08 Å². The fourth-order valence-electron chi connectivity index (χ4n) is 4.42. The molecule has 0 atom stereocenters. The van der Waals surface area contributed by atoms with Crippen molar-refractivity contribution >= 4 is 46.0 Å². The summed E-state index contributed by atoms with van der Waals surface area (Å²) in [6.07, 6.45) is 8.28. The summed E-state index contributed by atoms with van der Waals surface area (Å²) in [5, 5.41) is 8.19. The number of benzene rings is 1. The molecule has 0 saturated carbocycles. The van der Waals surface area contributed by atoms with E-state index in [0.29, 0.717) is 29.1 Å². The van der Waals surface area contributed by atoms with Crippen LogP contribution in [0, 0.1) is 0 Å². The number of nitrogens with one attached hydrogen (secondary N) is 1. The molecule has 0 aliphatic carbocycles. The van der Waals surface area contributed by atoms with Crippen molar-refractivity contribution in [1.29, 1.82) is 0 Å². The molecule has 170 valence electrons. The van der Waals surface area contributed by atoms with Crippen LogP contribution in [0.5, 0.6) is 0 Å². The second-order valence-corrected chi connectivity index (χ2v) is 8.44. The number of carbonyl (C=O) groups excluding carboxylic acids is 2. The number of allylic oxidation sites excluding steroid dienone is 1. The Morgan fingerprint density at radius 2 is 1.88 bits per heavy atom. The molecule has 7 heteroatoms. The molecule has 3 heterocycles. The highest BCUT2D eigenvalue weighted by Crippen LogP contribution is 2.38. The summed E-state index contributed by atoms with van der Waals surface area (Å²) in [5.74, 6) is -0.794. The van der Waals surface area contributed by atoms with Crippen LogP contribution in [0.2, 0.25) is 0 Å². The van der Waals surface area contributed by atoms with Crippen molar-refractivity contribution in [1.82, 2.24) is 24.6 Å². The Balaban J connectivity index is 2.00.